The lowest BCUT2D eigenvalue weighted by Gasteiger charge is -2.08. The first-order chi connectivity index (χ1) is 11.3. The van der Waals surface area contributed by atoms with Gasteiger partial charge in [0.2, 0.25) is 0 Å². The summed E-state index contributed by atoms with van der Waals surface area (Å²) >= 11 is 0. The molecule has 1 aromatic heterocycles. The molecule has 0 bridgehead atoms. The number of rotatable bonds is 4. The fourth-order valence-electron chi connectivity index (χ4n) is 1.39. The molecule has 2 rings (SSSR count). The summed E-state index contributed by atoms with van der Waals surface area (Å²) in [7, 11) is -4.04. The Morgan fingerprint density at radius 1 is 1.40 bits per heavy atom. The third kappa shape index (κ3) is 2.97. The second-order valence-electron chi connectivity index (χ2n) is 3.75. The minimum absolute atomic E-state index is 0.120. The molecule has 0 aliphatic carbocycles. The Bertz CT molecular complexity index is 938. The van der Waals surface area contributed by atoms with E-state index < -0.39 is 29.1 Å². The Kier molecular flexibility index (Phi) is 2.33. The first kappa shape index (κ1) is 8.75. The molecule has 0 unspecified atom stereocenters. The van der Waals surface area contributed by atoms with Crippen molar-refractivity contribution in [1.82, 2.24) is 9.55 Å². The van der Waals surface area contributed by atoms with Crippen molar-refractivity contribution in [1.29, 1.82) is 0 Å². The smallest absolute Gasteiger partial charge is 0.349 e. The number of nitrogens with zero attached hydrogens (tertiary/aromatic N) is 2. The van der Waals surface area contributed by atoms with Crippen LogP contribution in [0.3, 0.4) is 0 Å². The molecule has 8 heteroatoms. The van der Waals surface area contributed by atoms with E-state index in [0.717, 1.165) is 12.3 Å². The van der Waals surface area contributed by atoms with Gasteiger partial charge in [0.15, 0.2) is 0 Å². The van der Waals surface area contributed by atoms with Gasteiger partial charge in [-0.3, -0.25) is 9.29 Å². The maximum atomic E-state index is 12.2. The van der Waals surface area contributed by atoms with Crippen LogP contribution in [0.1, 0.15) is 13.7 Å². The monoisotopic (exact) mass is 299 g/mol. The third-order valence-corrected chi connectivity index (χ3v) is 3.72. The molecule has 20 heavy (non-hydrogen) atoms. The molecule has 3 N–H and O–H groups in total. The molecule has 0 aliphatic heterocycles. The van der Waals surface area contributed by atoms with Gasteiger partial charge >= 0.3 is 5.69 Å². The predicted octanol–water partition coefficient (Wildman–Crippen LogP) is 0.646. The molecule has 2 aromatic rings. The lowest BCUT2D eigenvalue weighted by Crippen LogP contribution is -2.24. The number of anilines is 2. The lowest BCUT2D eigenvalue weighted by molar-refractivity contribution is 0.601. The van der Waals surface area contributed by atoms with Gasteiger partial charge in [0.05, 0.1) is 4.90 Å². The van der Waals surface area contributed by atoms with Crippen molar-refractivity contribution in [3.63, 3.8) is 0 Å². The molecule has 0 atom stereocenters. The molecular weight excluding hydrogens is 280 g/mol. The van der Waals surface area contributed by atoms with Crippen LogP contribution in [0.15, 0.2) is 46.2 Å². The zero-order valence-electron chi connectivity index (χ0n) is 15.1. The molecule has 0 saturated heterocycles. The first-order valence-corrected chi connectivity index (χ1v) is 6.81. The number of nitrogens with one attached hydrogen (secondary N) is 1. The molecule has 1 heterocycles. The fourth-order valence-corrected chi connectivity index (χ4v) is 2.39. The highest BCUT2D eigenvalue weighted by molar-refractivity contribution is 7.92. The van der Waals surface area contributed by atoms with Crippen LogP contribution in [-0.2, 0) is 16.5 Å². The largest absolute Gasteiger partial charge is 0.399 e. The van der Waals surface area contributed by atoms with Crippen LogP contribution in [0.25, 0.3) is 0 Å². The highest BCUT2D eigenvalue weighted by Gasteiger charge is 2.14. The molecular formula is C12H14N4O3S. The average Bonchev–Trinajstić information content (AvgIpc) is 2.45. The van der Waals surface area contributed by atoms with Gasteiger partial charge in [-0.15, -0.1) is 0 Å². The van der Waals surface area contributed by atoms with E-state index in [2.05, 4.69) is 9.71 Å². The highest BCUT2D eigenvalue weighted by Crippen LogP contribution is 2.14. The zero-order valence-corrected chi connectivity index (χ0v) is 10.9. The van der Waals surface area contributed by atoms with Crippen LogP contribution < -0.4 is 16.1 Å². The van der Waals surface area contributed by atoms with Gasteiger partial charge in [0.1, 0.15) is 5.82 Å². The van der Waals surface area contributed by atoms with E-state index >= 15 is 0 Å². The maximum absolute atomic E-state index is 12.2. The molecule has 0 radical (unpaired) electrons. The lowest BCUT2D eigenvalue weighted by atomic mass is 10.3. The number of nitrogen functional groups attached to an aromatic ring is 1. The van der Waals surface area contributed by atoms with E-state index in [1.807, 2.05) is 0 Å². The van der Waals surface area contributed by atoms with E-state index in [9.17, 15) is 13.2 Å². The van der Waals surface area contributed by atoms with E-state index in [4.69, 9.17) is 12.6 Å². The first-order valence-electron chi connectivity index (χ1n) is 7.83. The van der Waals surface area contributed by atoms with Gasteiger partial charge in [-0.05, 0) is 37.2 Å². The number of benzene rings is 1. The van der Waals surface area contributed by atoms with Gasteiger partial charge < -0.3 is 5.73 Å². The molecule has 1 aromatic carbocycles. The van der Waals surface area contributed by atoms with Crippen molar-refractivity contribution >= 4 is 21.5 Å². The number of sulfonamides is 1. The molecule has 0 aliphatic rings. The van der Waals surface area contributed by atoms with Crippen molar-refractivity contribution in [3.05, 3.63) is 47.0 Å². The van der Waals surface area contributed by atoms with Crippen molar-refractivity contribution < 1.29 is 15.3 Å². The molecule has 0 amide bonds. The summed E-state index contributed by atoms with van der Waals surface area (Å²) in [6.45, 7) is -6.10. The third-order valence-electron chi connectivity index (χ3n) is 2.35. The van der Waals surface area contributed by atoms with E-state index in [0.29, 0.717) is 5.69 Å². The average molecular weight is 299 g/mol. The van der Waals surface area contributed by atoms with Crippen LogP contribution in [0, 0.1) is 0 Å². The summed E-state index contributed by atoms with van der Waals surface area (Å²) in [5.74, 6) is -0.376. The van der Waals surface area contributed by atoms with Gasteiger partial charge in [-0.1, -0.05) is 0 Å². The molecule has 7 nitrogen and oxygen atoms in total. The number of aromatic nitrogens is 2. The van der Waals surface area contributed by atoms with E-state index in [-0.39, 0.29) is 15.3 Å². The topological polar surface area (TPSA) is 107 Å². The molecule has 0 spiro atoms. The van der Waals surface area contributed by atoms with Crippen LogP contribution in [-0.4, -0.2) is 18.0 Å². The predicted molar refractivity (Wildman–Crippen MR) is 75.8 cm³/mol. The number of hydrogen-bond acceptors (Lipinski definition) is 5. The summed E-state index contributed by atoms with van der Waals surface area (Å²) in [5.41, 5.74) is 4.60. The summed E-state index contributed by atoms with van der Waals surface area (Å²) in [6.07, 6.45) is 0.822. The van der Waals surface area contributed by atoms with Gasteiger partial charge in [0, 0.05) is 25.2 Å². The minimum Gasteiger partial charge on any atom is -0.399 e. The van der Waals surface area contributed by atoms with Gasteiger partial charge in [0.25, 0.3) is 10.0 Å². The van der Waals surface area contributed by atoms with Gasteiger partial charge in [-0.2, -0.15) is 4.98 Å². The van der Waals surface area contributed by atoms with Crippen molar-refractivity contribution in [2.75, 3.05) is 10.5 Å². The highest BCUT2D eigenvalue weighted by atomic mass is 32.2. The summed E-state index contributed by atoms with van der Waals surface area (Å²) in [4.78, 5) is 15.2. The van der Waals surface area contributed by atoms with Crippen LogP contribution >= 0.6 is 0 Å². The second kappa shape index (κ2) is 5.33. The van der Waals surface area contributed by atoms with Crippen LogP contribution in [0.2, 0.25) is 0 Å². The SMILES string of the molecule is [2H]C([2H])([2H])C([2H])([2H])n1ccc(NS(=O)(=O)c2ccc(N)cc2)nc1=O. The number of aryl methyl sites for hydroxylation is 1. The zero-order chi connectivity index (χ0) is 19.0. The van der Waals surface area contributed by atoms with Gasteiger partial charge in [-0.25, -0.2) is 13.2 Å². The minimum atomic E-state index is -4.04. The fraction of sp³-hybridized carbons (Fsp3) is 0.167. The van der Waals surface area contributed by atoms with Crippen molar-refractivity contribution in [3.8, 4) is 0 Å². The van der Waals surface area contributed by atoms with Crippen molar-refractivity contribution in [2.45, 2.75) is 18.2 Å². The summed E-state index contributed by atoms with van der Waals surface area (Å²) < 4.78 is 63.3. The molecule has 0 saturated carbocycles. The Labute approximate surface area is 123 Å². The Morgan fingerprint density at radius 3 is 2.70 bits per heavy atom. The molecule has 106 valence electrons. The van der Waals surface area contributed by atoms with E-state index in [1.54, 1.807) is 0 Å². The number of nitrogens with two attached hydrogens (primary N) is 1. The van der Waals surface area contributed by atoms with Crippen molar-refractivity contribution in [2.24, 2.45) is 0 Å². The normalized spacial score (nSPS) is 16.3. The molecule has 0 fully saturated rings. The second-order valence-corrected chi connectivity index (χ2v) is 5.43. The standard InChI is InChI=1S/C12H14N4O3S/c1-2-16-8-7-11(14-12(16)17)15-20(18,19)10-5-3-9(13)4-6-10/h3-8H,2,13H2,1H3,(H,14,15,17)/i1D3,2D2. The maximum Gasteiger partial charge on any atom is 0.349 e. The Morgan fingerprint density at radius 2 is 2.10 bits per heavy atom. The quantitative estimate of drug-likeness (QED) is 0.806. The Hall–Kier alpha value is -2.35. The summed E-state index contributed by atoms with van der Waals surface area (Å²) in [5, 5.41) is 0. The van der Waals surface area contributed by atoms with Crippen LogP contribution in [0.4, 0.5) is 11.5 Å². The Balaban J connectivity index is 2.36. The van der Waals surface area contributed by atoms with E-state index in [1.165, 1.54) is 24.3 Å². The summed E-state index contributed by atoms with van der Waals surface area (Å²) in [6, 6.07) is 6.26. The van der Waals surface area contributed by atoms with Crippen LogP contribution in [0.5, 0.6) is 0 Å². The number of hydrogen-bond donors (Lipinski definition) is 2.